The number of nitrogens with zero attached hydrogens (tertiary/aromatic N) is 5. The van der Waals surface area contributed by atoms with Gasteiger partial charge in [-0.2, -0.15) is 5.10 Å². The van der Waals surface area contributed by atoms with Gasteiger partial charge in [-0.3, -0.25) is 9.48 Å². The number of aryl methyl sites for hydroxylation is 2. The second-order valence-corrected chi connectivity index (χ2v) is 6.08. The summed E-state index contributed by atoms with van der Waals surface area (Å²) >= 11 is 0. The zero-order valence-corrected chi connectivity index (χ0v) is 13.9. The number of hydrogen-bond acceptors (Lipinski definition) is 5. The maximum atomic E-state index is 12.2. The Balaban J connectivity index is 1.85. The Morgan fingerprint density at radius 3 is 2.57 bits per heavy atom. The van der Waals surface area contributed by atoms with Gasteiger partial charge < -0.3 is 10.2 Å². The molecule has 2 atom stereocenters. The van der Waals surface area contributed by atoms with Crippen molar-refractivity contribution in [3.05, 3.63) is 35.4 Å². The molecule has 3 rings (SSSR count). The third-order valence-corrected chi connectivity index (χ3v) is 4.64. The molecule has 7 nitrogen and oxygen atoms in total. The van der Waals surface area contributed by atoms with Crippen LogP contribution in [-0.2, 0) is 11.8 Å². The zero-order valence-electron chi connectivity index (χ0n) is 13.9. The molecule has 1 N–H and O–H groups in total. The highest BCUT2D eigenvalue weighted by Gasteiger charge is 2.40. The van der Waals surface area contributed by atoms with Crippen LogP contribution in [0.25, 0.3) is 0 Å². The van der Waals surface area contributed by atoms with Crippen LogP contribution in [-0.4, -0.2) is 44.1 Å². The van der Waals surface area contributed by atoms with Crippen molar-refractivity contribution in [2.75, 3.05) is 18.9 Å². The lowest BCUT2D eigenvalue weighted by Gasteiger charge is -2.26. The lowest BCUT2D eigenvalue weighted by Crippen LogP contribution is -2.27. The average molecular weight is 314 g/mol. The third kappa shape index (κ3) is 2.78. The molecular formula is C16H22N6O. The van der Waals surface area contributed by atoms with Gasteiger partial charge in [0.2, 0.25) is 11.9 Å². The first-order valence-electron chi connectivity index (χ1n) is 7.75. The fourth-order valence-electron chi connectivity index (χ4n) is 3.40. The van der Waals surface area contributed by atoms with Crippen LogP contribution < -0.4 is 5.32 Å². The van der Waals surface area contributed by atoms with E-state index in [4.69, 9.17) is 0 Å². The molecule has 122 valence electrons. The number of rotatable bonds is 4. The first-order chi connectivity index (χ1) is 11.0. The normalized spacial score (nSPS) is 21.0. The summed E-state index contributed by atoms with van der Waals surface area (Å²) in [5, 5.41) is 7.75. The van der Waals surface area contributed by atoms with Crippen molar-refractivity contribution in [1.82, 2.24) is 24.6 Å². The third-order valence-electron chi connectivity index (χ3n) is 4.64. The number of hydrogen-bond donors (Lipinski definition) is 1. The Labute approximate surface area is 135 Å². The molecule has 0 radical (unpaired) electrons. The molecule has 1 aliphatic heterocycles. The Kier molecular flexibility index (Phi) is 4.02. The molecule has 0 aliphatic carbocycles. The minimum Gasteiger partial charge on any atom is -0.354 e. The molecule has 1 saturated heterocycles. The van der Waals surface area contributed by atoms with Crippen LogP contribution in [0, 0.1) is 19.8 Å². The maximum absolute atomic E-state index is 12.2. The smallest absolute Gasteiger partial charge is 0.223 e. The molecule has 1 fully saturated rings. The summed E-state index contributed by atoms with van der Waals surface area (Å²) in [5.74, 6) is 0.921. The van der Waals surface area contributed by atoms with Crippen LogP contribution in [0.15, 0.2) is 18.5 Å². The highest BCUT2D eigenvalue weighted by Crippen LogP contribution is 2.39. The lowest BCUT2D eigenvalue weighted by atomic mass is 9.92. The fourth-order valence-corrected chi connectivity index (χ4v) is 3.40. The van der Waals surface area contributed by atoms with Gasteiger partial charge >= 0.3 is 0 Å². The van der Waals surface area contributed by atoms with E-state index in [0.29, 0.717) is 18.9 Å². The van der Waals surface area contributed by atoms with E-state index in [9.17, 15) is 4.79 Å². The first-order valence-corrected chi connectivity index (χ1v) is 7.75. The fraction of sp³-hybridized carbons (Fsp3) is 0.500. The van der Waals surface area contributed by atoms with Crippen molar-refractivity contribution in [3.8, 4) is 0 Å². The molecule has 0 unspecified atom stereocenters. The summed E-state index contributed by atoms with van der Waals surface area (Å²) in [7, 11) is 3.81. The first kappa shape index (κ1) is 15.5. The van der Waals surface area contributed by atoms with Crippen LogP contribution in [0.5, 0.6) is 0 Å². The van der Waals surface area contributed by atoms with E-state index in [0.717, 1.165) is 17.0 Å². The minimum atomic E-state index is 0.0346. The number of anilines is 1. The van der Waals surface area contributed by atoms with Crippen LogP contribution in [0.2, 0.25) is 0 Å². The molecule has 0 spiro atoms. The Morgan fingerprint density at radius 2 is 1.96 bits per heavy atom. The quantitative estimate of drug-likeness (QED) is 0.924. The topological polar surface area (TPSA) is 75.9 Å². The van der Waals surface area contributed by atoms with E-state index < -0.39 is 0 Å². The zero-order chi connectivity index (χ0) is 16.6. The molecule has 3 heterocycles. The van der Waals surface area contributed by atoms with Gasteiger partial charge in [0.25, 0.3) is 0 Å². The van der Waals surface area contributed by atoms with Crippen molar-refractivity contribution >= 4 is 11.9 Å². The number of likely N-dealkylation sites (tertiary alicyclic amines) is 1. The summed E-state index contributed by atoms with van der Waals surface area (Å²) in [6.45, 7) is 4.71. The molecule has 2 aromatic heterocycles. The van der Waals surface area contributed by atoms with Crippen molar-refractivity contribution in [3.63, 3.8) is 0 Å². The van der Waals surface area contributed by atoms with Gasteiger partial charge in [-0.25, -0.2) is 9.97 Å². The number of carbonyl (C=O) groups is 1. The van der Waals surface area contributed by atoms with Crippen LogP contribution in [0.1, 0.15) is 29.4 Å². The van der Waals surface area contributed by atoms with E-state index in [2.05, 4.69) is 27.3 Å². The highest BCUT2D eigenvalue weighted by molar-refractivity contribution is 5.79. The SMILES string of the molecule is Cc1nn(C)c(C)c1[C@H]1[C@H](CNc2ncccn2)CC(=O)N1C. The number of aromatic nitrogens is 4. The lowest BCUT2D eigenvalue weighted by molar-refractivity contribution is -0.127. The molecule has 7 heteroatoms. The van der Waals surface area contributed by atoms with Crippen LogP contribution >= 0.6 is 0 Å². The maximum Gasteiger partial charge on any atom is 0.223 e. The highest BCUT2D eigenvalue weighted by atomic mass is 16.2. The van der Waals surface area contributed by atoms with E-state index in [-0.39, 0.29) is 17.9 Å². The van der Waals surface area contributed by atoms with Gasteiger partial charge in [0, 0.05) is 56.6 Å². The molecule has 0 bridgehead atoms. The van der Waals surface area contributed by atoms with Gasteiger partial charge in [0.1, 0.15) is 0 Å². The molecule has 1 amide bonds. The number of amides is 1. The van der Waals surface area contributed by atoms with E-state index in [1.807, 2.05) is 30.6 Å². The Morgan fingerprint density at radius 1 is 1.26 bits per heavy atom. The Bertz CT molecular complexity index is 711. The standard InChI is InChI=1S/C16H22N6O/c1-10-14(11(2)22(4)20-10)15-12(8-13(23)21(15)3)9-19-16-17-6-5-7-18-16/h5-7,12,15H,8-9H2,1-4H3,(H,17,18,19)/t12-,15+/m0/s1. The van der Waals surface area contributed by atoms with Gasteiger partial charge in [0.15, 0.2) is 0 Å². The molecule has 2 aromatic rings. The average Bonchev–Trinajstić information content (AvgIpc) is 2.95. The predicted molar refractivity (Wildman–Crippen MR) is 86.8 cm³/mol. The van der Waals surface area contributed by atoms with Crippen LogP contribution in [0.3, 0.4) is 0 Å². The monoisotopic (exact) mass is 314 g/mol. The number of carbonyl (C=O) groups excluding carboxylic acids is 1. The summed E-state index contributed by atoms with van der Waals surface area (Å²) in [6.07, 6.45) is 3.93. The second-order valence-electron chi connectivity index (χ2n) is 6.08. The number of nitrogens with one attached hydrogen (secondary N) is 1. The molecule has 23 heavy (non-hydrogen) atoms. The predicted octanol–water partition coefficient (Wildman–Crippen LogP) is 1.46. The van der Waals surface area contributed by atoms with Crippen molar-refractivity contribution in [1.29, 1.82) is 0 Å². The van der Waals surface area contributed by atoms with Crippen LogP contribution in [0.4, 0.5) is 5.95 Å². The molecule has 1 aliphatic rings. The summed E-state index contributed by atoms with van der Waals surface area (Å²) < 4.78 is 1.88. The molecule has 0 saturated carbocycles. The molecule has 0 aromatic carbocycles. The van der Waals surface area contributed by atoms with Gasteiger partial charge in [-0.05, 0) is 19.9 Å². The van der Waals surface area contributed by atoms with Gasteiger partial charge in [-0.15, -0.1) is 0 Å². The van der Waals surface area contributed by atoms with Gasteiger partial charge in [-0.1, -0.05) is 0 Å². The van der Waals surface area contributed by atoms with Gasteiger partial charge in [0.05, 0.1) is 11.7 Å². The second kappa shape index (κ2) is 5.98. The van der Waals surface area contributed by atoms with E-state index in [1.165, 1.54) is 0 Å². The van der Waals surface area contributed by atoms with Crippen molar-refractivity contribution in [2.24, 2.45) is 13.0 Å². The Hall–Kier alpha value is -2.44. The summed E-state index contributed by atoms with van der Waals surface area (Å²) in [4.78, 5) is 22.4. The minimum absolute atomic E-state index is 0.0346. The summed E-state index contributed by atoms with van der Waals surface area (Å²) in [6, 6.07) is 1.82. The summed E-state index contributed by atoms with van der Waals surface area (Å²) in [5.41, 5.74) is 3.24. The van der Waals surface area contributed by atoms with E-state index >= 15 is 0 Å². The van der Waals surface area contributed by atoms with E-state index in [1.54, 1.807) is 18.5 Å². The van der Waals surface area contributed by atoms with Crippen molar-refractivity contribution < 1.29 is 4.79 Å². The van der Waals surface area contributed by atoms with Crippen molar-refractivity contribution in [2.45, 2.75) is 26.3 Å². The largest absolute Gasteiger partial charge is 0.354 e. The molecular weight excluding hydrogens is 292 g/mol.